The fourth-order valence-corrected chi connectivity index (χ4v) is 1.87. The monoisotopic (exact) mass is 251 g/mol. The number of aromatic amines is 1. The molecule has 2 rings (SSSR count). The number of rotatable bonds is 3. The summed E-state index contributed by atoms with van der Waals surface area (Å²) in [4.78, 5) is 24.1. The fourth-order valence-electron chi connectivity index (χ4n) is 1.87. The van der Waals surface area contributed by atoms with Gasteiger partial charge in [0.2, 0.25) is 0 Å². The van der Waals surface area contributed by atoms with Gasteiger partial charge in [0, 0.05) is 12.1 Å². The van der Waals surface area contributed by atoms with Gasteiger partial charge < -0.3 is 9.84 Å². The van der Waals surface area contributed by atoms with Crippen LogP contribution in [0.2, 0.25) is 0 Å². The molecule has 96 valence electrons. The number of ether oxygens (including phenoxy) is 1. The molecule has 1 amide bonds. The van der Waals surface area contributed by atoms with E-state index in [0.29, 0.717) is 17.8 Å². The second-order valence-electron chi connectivity index (χ2n) is 3.96. The minimum absolute atomic E-state index is 0.0699. The van der Waals surface area contributed by atoms with Crippen molar-refractivity contribution in [2.45, 2.75) is 6.42 Å². The molecule has 7 heteroatoms. The number of aromatic nitrogens is 2. The summed E-state index contributed by atoms with van der Waals surface area (Å²) in [6.07, 6.45) is 2.72. The van der Waals surface area contributed by atoms with Crippen molar-refractivity contribution < 1.29 is 19.4 Å². The van der Waals surface area contributed by atoms with Crippen LogP contribution in [0.3, 0.4) is 0 Å². The lowest BCUT2D eigenvalue weighted by molar-refractivity contribution is -0.141. The van der Waals surface area contributed by atoms with Crippen LogP contribution in [0.4, 0.5) is 10.6 Å². The van der Waals surface area contributed by atoms with Crippen LogP contribution in [-0.4, -0.2) is 40.5 Å². The van der Waals surface area contributed by atoms with Gasteiger partial charge in [-0.2, -0.15) is 5.10 Å². The van der Waals surface area contributed by atoms with Crippen molar-refractivity contribution in [3.8, 4) is 0 Å². The maximum atomic E-state index is 11.8. The maximum Gasteiger partial charge on any atom is 0.415 e. The van der Waals surface area contributed by atoms with E-state index in [4.69, 9.17) is 9.84 Å². The molecule has 0 aliphatic carbocycles. The van der Waals surface area contributed by atoms with Gasteiger partial charge in [-0.1, -0.05) is 12.7 Å². The van der Waals surface area contributed by atoms with Gasteiger partial charge in [-0.15, -0.1) is 0 Å². The molecule has 1 aliphatic rings. The molecule has 1 aromatic rings. The number of hydrogen-bond donors (Lipinski definition) is 2. The Balaban J connectivity index is 2.21. The van der Waals surface area contributed by atoms with Crippen molar-refractivity contribution >= 4 is 17.9 Å². The number of nitrogens with one attached hydrogen (secondary N) is 1. The Kier molecular flexibility index (Phi) is 3.31. The topological polar surface area (TPSA) is 95.5 Å². The third-order valence-corrected chi connectivity index (χ3v) is 2.73. The number of carboxylic acids is 1. The molecule has 0 radical (unpaired) electrons. The van der Waals surface area contributed by atoms with E-state index in [9.17, 15) is 9.59 Å². The lowest BCUT2D eigenvalue weighted by Crippen LogP contribution is -2.42. The summed E-state index contributed by atoms with van der Waals surface area (Å²) in [7, 11) is 0. The lowest BCUT2D eigenvalue weighted by Gasteiger charge is -2.28. The first kappa shape index (κ1) is 12.2. The second-order valence-corrected chi connectivity index (χ2v) is 3.96. The number of carbonyl (C=O) groups is 2. The summed E-state index contributed by atoms with van der Waals surface area (Å²) < 4.78 is 4.91. The number of hydrogen-bond acceptors (Lipinski definition) is 4. The van der Waals surface area contributed by atoms with Crippen LogP contribution in [0.5, 0.6) is 0 Å². The van der Waals surface area contributed by atoms with Crippen LogP contribution in [-0.2, 0) is 16.0 Å². The highest BCUT2D eigenvalue weighted by molar-refractivity contribution is 5.89. The summed E-state index contributed by atoms with van der Waals surface area (Å²) in [5.74, 6) is -1.09. The molecular weight excluding hydrogens is 238 g/mol. The number of carboxylic acid groups (broad SMARTS) is 1. The predicted molar refractivity (Wildman–Crippen MR) is 62.3 cm³/mol. The molecule has 18 heavy (non-hydrogen) atoms. The molecule has 0 bridgehead atoms. The predicted octanol–water partition coefficient (Wildman–Crippen LogP) is 0.796. The first-order chi connectivity index (χ1) is 8.63. The smallest absolute Gasteiger partial charge is 0.415 e. The molecule has 1 unspecified atom stereocenters. The number of nitrogens with zero attached hydrogens (tertiary/aromatic N) is 2. The molecule has 1 aliphatic heterocycles. The third kappa shape index (κ3) is 2.20. The summed E-state index contributed by atoms with van der Waals surface area (Å²) in [6.45, 7) is 3.60. The minimum atomic E-state index is -0.941. The normalized spacial score (nSPS) is 18.0. The van der Waals surface area contributed by atoms with Gasteiger partial charge in [-0.25, -0.2) is 4.79 Å². The third-order valence-electron chi connectivity index (χ3n) is 2.73. The molecule has 1 atom stereocenters. The second kappa shape index (κ2) is 4.91. The number of carbonyl (C=O) groups excluding carboxylic acids is 1. The first-order valence-electron chi connectivity index (χ1n) is 5.43. The number of H-pyrrole nitrogens is 1. The quantitative estimate of drug-likeness (QED) is 0.774. The molecule has 0 saturated heterocycles. The highest BCUT2D eigenvalue weighted by Gasteiger charge is 2.34. The first-order valence-corrected chi connectivity index (χ1v) is 5.43. The Morgan fingerprint density at radius 1 is 1.72 bits per heavy atom. The van der Waals surface area contributed by atoms with Crippen LogP contribution in [0.1, 0.15) is 5.56 Å². The Morgan fingerprint density at radius 3 is 3.17 bits per heavy atom. The molecule has 1 aromatic heterocycles. The standard InChI is InChI=1S/C11H13N3O4/c1-2-3-18-11(17)14-6-8(10(15)16)4-7-5-12-13-9(7)14/h2,5,8H,1,3-4,6H2,(H,12,13)(H,15,16). The zero-order valence-corrected chi connectivity index (χ0v) is 9.63. The zero-order chi connectivity index (χ0) is 13.1. The van der Waals surface area contributed by atoms with Crippen molar-refractivity contribution in [2.75, 3.05) is 18.1 Å². The van der Waals surface area contributed by atoms with Gasteiger partial charge >= 0.3 is 12.1 Å². The van der Waals surface area contributed by atoms with Crippen molar-refractivity contribution in [1.29, 1.82) is 0 Å². The lowest BCUT2D eigenvalue weighted by atomic mass is 9.96. The molecule has 7 nitrogen and oxygen atoms in total. The van der Waals surface area contributed by atoms with E-state index < -0.39 is 18.0 Å². The van der Waals surface area contributed by atoms with E-state index >= 15 is 0 Å². The van der Waals surface area contributed by atoms with E-state index in [1.807, 2.05) is 0 Å². The largest absolute Gasteiger partial charge is 0.481 e. The summed E-state index contributed by atoms with van der Waals surface area (Å²) in [5.41, 5.74) is 0.698. The Labute approximate surface area is 103 Å². The van der Waals surface area contributed by atoms with Crippen molar-refractivity contribution in [2.24, 2.45) is 5.92 Å². The van der Waals surface area contributed by atoms with Crippen molar-refractivity contribution in [3.63, 3.8) is 0 Å². The summed E-state index contributed by atoms with van der Waals surface area (Å²) in [6, 6.07) is 0. The number of fused-ring (bicyclic) bond motifs is 1. The molecule has 0 fully saturated rings. The minimum Gasteiger partial charge on any atom is -0.481 e. The van der Waals surface area contributed by atoms with Gasteiger partial charge in [-0.3, -0.25) is 14.8 Å². The highest BCUT2D eigenvalue weighted by Crippen LogP contribution is 2.28. The van der Waals surface area contributed by atoms with E-state index in [0.717, 1.165) is 0 Å². The molecule has 2 N–H and O–H groups in total. The molecule has 0 aromatic carbocycles. The van der Waals surface area contributed by atoms with E-state index in [2.05, 4.69) is 16.8 Å². The van der Waals surface area contributed by atoms with Gasteiger partial charge in [-0.05, 0) is 6.42 Å². The number of anilines is 1. The molecule has 0 saturated carbocycles. The zero-order valence-electron chi connectivity index (χ0n) is 9.63. The number of amides is 1. The fraction of sp³-hybridized carbons (Fsp3) is 0.364. The summed E-state index contributed by atoms with van der Waals surface area (Å²) in [5, 5.41) is 15.6. The molecule has 0 spiro atoms. The Morgan fingerprint density at radius 2 is 2.50 bits per heavy atom. The molecule has 2 heterocycles. The van der Waals surface area contributed by atoms with Crippen LogP contribution in [0.25, 0.3) is 0 Å². The average molecular weight is 251 g/mol. The Bertz CT molecular complexity index is 482. The maximum absolute atomic E-state index is 11.8. The van der Waals surface area contributed by atoms with E-state index in [1.54, 1.807) is 0 Å². The van der Waals surface area contributed by atoms with Crippen LogP contribution >= 0.6 is 0 Å². The Hall–Kier alpha value is -2.31. The van der Waals surface area contributed by atoms with Gasteiger partial charge in [0.1, 0.15) is 12.4 Å². The van der Waals surface area contributed by atoms with Gasteiger partial charge in [0.25, 0.3) is 0 Å². The number of aliphatic carboxylic acids is 1. The molecular formula is C11H13N3O4. The highest BCUT2D eigenvalue weighted by atomic mass is 16.6. The van der Waals surface area contributed by atoms with Crippen LogP contribution in [0, 0.1) is 5.92 Å². The van der Waals surface area contributed by atoms with Gasteiger partial charge in [0.15, 0.2) is 0 Å². The SMILES string of the molecule is C=CCOC(=O)N1CC(C(=O)O)Cc2cn[nH]c21. The van der Waals surface area contributed by atoms with E-state index in [-0.39, 0.29) is 13.2 Å². The van der Waals surface area contributed by atoms with Crippen LogP contribution in [0.15, 0.2) is 18.9 Å². The van der Waals surface area contributed by atoms with Crippen LogP contribution < -0.4 is 4.90 Å². The van der Waals surface area contributed by atoms with Crippen molar-refractivity contribution in [3.05, 3.63) is 24.4 Å². The summed E-state index contributed by atoms with van der Waals surface area (Å²) >= 11 is 0. The van der Waals surface area contributed by atoms with Crippen molar-refractivity contribution in [1.82, 2.24) is 10.2 Å². The van der Waals surface area contributed by atoms with E-state index in [1.165, 1.54) is 17.2 Å². The van der Waals surface area contributed by atoms with Gasteiger partial charge in [0.05, 0.1) is 12.1 Å². The average Bonchev–Trinajstić information content (AvgIpc) is 2.82.